The number of rotatable bonds is 5. The van der Waals surface area contributed by atoms with Crippen LogP contribution in [0, 0.1) is 5.82 Å². The molecule has 5 rings (SSSR count). The van der Waals surface area contributed by atoms with Gasteiger partial charge in [-0.1, -0.05) is 17.7 Å². The van der Waals surface area contributed by atoms with Crippen LogP contribution in [0.2, 0.25) is 5.02 Å². The second kappa shape index (κ2) is 6.52. The Balaban J connectivity index is 1.59. The molecule has 0 radical (unpaired) electrons. The van der Waals surface area contributed by atoms with Crippen LogP contribution in [0.3, 0.4) is 0 Å². The average Bonchev–Trinajstić information content (AvgIpc) is 3.34. The summed E-state index contributed by atoms with van der Waals surface area (Å²) in [5.41, 5.74) is 1.64. The number of nitrogens with zero attached hydrogens (tertiary/aromatic N) is 3. The number of carbonyl (C=O) groups is 1. The number of hydrogen-bond donors (Lipinski definition) is 0. The first-order valence-electron chi connectivity index (χ1n) is 9.63. The van der Waals surface area contributed by atoms with E-state index in [1.165, 1.54) is 12.3 Å². The summed E-state index contributed by atoms with van der Waals surface area (Å²) in [5, 5.41) is 0.517. The summed E-state index contributed by atoms with van der Waals surface area (Å²) in [4.78, 5) is 19.4. The molecule has 1 aliphatic heterocycles. The Morgan fingerprint density at radius 2 is 2.00 bits per heavy atom. The Labute approximate surface area is 178 Å². The van der Waals surface area contributed by atoms with Crippen molar-refractivity contribution in [2.24, 2.45) is 0 Å². The molecule has 0 unspecified atom stereocenters. The molecule has 9 heteroatoms. The van der Waals surface area contributed by atoms with Crippen LogP contribution in [0.5, 0.6) is 0 Å². The lowest BCUT2D eigenvalue weighted by atomic mass is 9.97. The van der Waals surface area contributed by atoms with Crippen LogP contribution in [0.1, 0.15) is 24.2 Å². The number of aryl methyl sites for hydroxylation is 1. The van der Waals surface area contributed by atoms with Crippen molar-refractivity contribution >= 4 is 44.1 Å². The van der Waals surface area contributed by atoms with Crippen molar-refractivity contribution in [1.29, 1.82) is 0 Å². The molecule has 3 aromatic rings. The molecule has 6 nitrogen and oxygen atoms in total. The smallest absolute Gasteiger partial charge is 0.238 e. The zero-order chi connectivity index (χ0) is 21.3. The molecule has 156 valence electrons. The van der Waals surface area contributed by atoms with Gasteiger partial charge in [0, 0.05) is 23.4 Å². The third-order valence-corrected chi connectivity index (χ3v) is 7.10. The number of imidazole rings is 1. The molecule has 1 amide bonds. The Hall–Kier alpha value is -2.45. The minimum Gasteiger partial charge on any atom is -0.325 e. The summed E-state index contributed by atoms with van der Waals surface area (Å²) in [6, 6.07) is 9.96. The Morgan fingerprint density at radius 3 is 2.70 bits per heavy atom. The summed E-state index contributed by atoms with van der Waals surface area (Å²) in [6.07, 6.45) is 2.45. The van der Waals surface area contributed by atoms with Gasteiger partial charge < -0.3 is 9.47 Å². The number of benzene rings is 2. The fourth-order valence-corrected chi connectivity index (χ4v) is 5.03. The Bertz CT molecular complexity index is 1310. The van der Waals surface area contributed by atoms with Crippen molar-refractivity contribution < 1.29 is 17.6 Å². The number of carbonyl (C=O) groups excluding carboxylic acids is 1. The number of halogens is 2. The zero-order valence-electron chi connectivity index (χ0n) is 16.2. The number of anilines is 1. The van der Waals surface area contributed by atoms with E-state index < -0.39 is 15.3 Å². The molecule has 0 bridgehead atoms. The summed E-state index contributed by atoms with van der Waals surface area (Å²) >= 11 is 6.10. The van der Waals surface area contributed by atoms with E-state index in [1.807, 2.05) is 0 Å². The molecule has 0 N–H and O–H groups in total. The maximum absolute atomic E-state index is 14.6. The quantitative estimate of drug-likeness (QED) is 0.600. The lowest BCUT2D eigenvalue weighted by molar-refractivity contribution is -0.120. The summed E-state index contributed by atoms with van der Waals surface area (Å²) in [5.74, 6) is -0.00488. The molecule has 1 spiro atoms. The highest BCUT2D eigenvalue weighted by atomic mass is 35.5. The lowest BCUT2D eigenvalue weighted by Crippen LogP contribution is -2.32. The minimum atomic E-state index is -3.20. The third kappa shape index (κ3) is 3.01. The van der Waals surface area contributed by atoms with Crippen LogP contribution in [0.15, 0.2) is 36.4 Å². The second-order valence-corrected chi connectivity index (χ2v) is 10.7. The van der Waals surface area contributed by atoms with Gasteiger partial charge in [0.05, 0.1) is 34.4 Å². The van der Waals surface area contributed by atoms with E-state index in [0.717, 1.165) is 5.52 Å². The molecule has 1 fully saturated rings. The SMILES string of the molecule is CS(=O)(=O)CCn1c(CN2C(=O)C3(CC3)c3c(F)cccc32)nc2cc(Cl)ccc21. The number of amides is 1. The fourth-order valence-electron chi connectivity index (χ4n) is 4.35. The number of fused-ring (bicyclic) bond motifs is 3. The fraction of sp³-hybridized carbons (Fsp3) is 0.333. The molecule has 2 heterocycles. The van der Waals surface area contributed by atoms with E-state index in [9.17, 15) is 17.6 Å². The highest BCUT2D eigenvalue weighted by Gasteiger charge is 2.60. The molecular formula is C21H19ClFN3O3S. The van der Waals surface area contributed by atoms with Crippen LogP contribution in [-0.2, 0) is 33.1 Å². The lowest BCUT2D eigenvalue weighted by Gasteiger charge is -2.19. The summed E-state index contributed by atoms with van der Waals surface area (Å²) < 4.78 is 39.9. The van der Waals surface area contributed by atoms with Gasteiger partial charge >= 0.3 is 0 Å². The van der Waals surface area contributed by atoms with Crippen molar-refractivity contribution in [3.63, 3.8) is 0 Å². The third-order valence-electron chi connectivity index (χ3n) is 5.94. The normalized spacial score (nSPS) is 17.2. The van der Waals surface area contributed by atoms with E-state index in [-0.39, 0.29) is 30.6 Å². The Kier molecular flexibility index (Phi) is 4.24. The molecule has 1 saturated carbocycles. The van der Waals surface area contributed by atoms with Gasteiger partial charge in [0.1, 0.15) is 21.5 Å². The van der Waals surface area contributed by atoms with Gasteiger partial charge in [0.15, 0.2) is 0 Å². The molecular weight excluding hydrogens is 429 g/mol. The van der Waals surface area contributed by atoms with Gasteiger partial charge in [0.25, 0.3) is 0 Å². The highest BCUT2D eigenvalue weighted by molar-refractivity contribution is 7.90. The maximum atomic E-state index is 14.6. The van der Waals surface area contributed by atoms with Crippen molar-refractivity contribution in [2.75, 3.05) is 16.9 Å². The minimum absolute atomic E-state index is 0.0583. The van der Waals surface area contributed by atoms with Crippen LogP contribution in [0.25, 0.3) is 11.0 Å². The molecule has 30 heavy (non-hydrogen) atoms. The zero-order valence-corrected chi connectivity index (χ0v) is 17.8. The van der Waals surface area contributed by atoms with Crippen molar-refractivity contribution in [3.8, 4) is 0 Å². The van der Waals surface area contributed by atoms with Crippen molar-refractivity contribution in [1.82, 2.24) is 9.55 Å². The Morgan fingerprint density at radius 1 is 1.23 bits per heavy atom. The number of sulfone groups is 1. The van der Waals surface area contributed by atoms with E-state index in [2.05, 4.69) is 4.98 Å². The van der Waals surface area contributed by atoms with Gasteiger partial charge in [0.2, 0.25) is 5.91 Å². The van der Waals surface area contributed by atoms with Gasteiger partial charge in [-0.05, 0) is 43.2 Å². The molecule has 2 aliphatic rings. The van der Waals surface area contributed by atoms with Crippen LogP contribution < -0.4 is 4.90 Å². The predicted octanol–water partition coefficient (Wildman–Crippen LogP) is 3.45. The standard InChI is InChI=1S/C21H19ClFN3O3S/c1-30(28,29)10-9-25-16-6-5-13(22)11-15(16)24-18(25)12-26-17-4-2-3-14(23)19(17)21(7-8-21)20(26)27/h2-6,11H,7-10,12H2,1H3. The van der Waals surface area contributed by atoms with Crippen LogP contribution in [-0.4, -0.2) is 35.9 Å². The van der Waals surface area contributed by atoms with E-state index in [0.29, 0.717) is 40.5 Å². The number of hydrogen-bond acceptors (Lipinski definition) is 4. The summed E-state index contributed by atoms with van der Waals surface area (Å²) in [7, 11) is -3.20. The molecule has 0 saturated heterocycles. The summed E-state index contributed by atoms with van der Waals surface area (Å²) in [6.45, 7) is 0.336. The topological polar surface area (TPSA) is 72.3 Å². The predicted molar refractivity (Wildman–Crippen MR) is 113 cm³/mol. The molecule has 2 aromatic carbocycles. The number of aromatic nitrogens is 2. The van der Waals surface area contributed by atoms with Crippen molar-refractivity contribution in [2.45, 2.75) is 31.3 Å². The van der Waals surface area contributed by atoms with Gasteiger partial charge in [-0.25, -0.2) is 17.8 Å². The van der Waals surface area contributed by atoms with Gasteiger partial charge in [-0.2, -0.15) is 0 Å². The largest absolute Gasteiger partial charge is 0.325 e. The highest BCUT2D eigenvalue weighted by Crippen LogP contribution is 2.58. The van der Waals surface area contributed by atoms with E-state index in [4.69, 9.17) is 11.6 Å². The monoisotopic (exact) mass is 447 g/mol. The van der Waals surface area contributed by atoms with Gasteiger partial charge in [-0.15, -0.1) is 0 Å². The molecule has 1 aromatic heterocycles. The van der Waals surface area contributed by atoms with Crippen LogP contribution >= 0.6 is 11.6 Å². The van der Waals surface area contributed by atoms with E-state index in [1.54, 1.807) is 39.8 Å². The van der Waals surface area contributed by atoms with Crippen molar-refractivity contribution in [3.05, 3.63) is 58.6 Å². The maximum Gasteiger partial charge on any atom is 0.238 e. The molecule has 0 atom stereocenters. The first-order valence-corrected chi connectivity index (χ1v) is 12.1. The molecule has 1 aliphatic carbocycles. The first-order chi connectivity index (χ1) is 14.2. The second-order valence-electron chi connectivity index (χ2n) is 8.05. The first kappa shape index (κ1) is 19.5. The van der Waals surface area contributed by atoms with Gasteiger partial charge in [-0.3, -0.25) is 4.79 Å². The van der Waals surface area contributed by atoms with Crippen LogP contribution in [0.4, 0.5) is 10.1 Å². The average molecular weight is 448 g/mol. The van der Waals surface area contributed by atoms with E-state index >= 15 is 0 Å².